The number of carbonyl (C=O) groups excluding carboxylic acids is 1. The van der Waals surface area contributed by atoms with Gasteiger partial charge in [0, 0.05) is 24.2 Å². The third kappa shape index (κ3) is 2.19. The van der Waals surface area contributed by atoms with E-state index >= 15 is 0 Å². The van der Waals surface area contributed by atoms with Crippen molar-refractivity contribution in [1.29, 1.82) is 0 Å². The van der Waals surface area contributed by atoms with E-state index < -0.39 is 5.97 Å². The van der Waals surface area contributed by atoms with Crippen molar-refractivity contribution in [3.8, 4) is 11.1 Å². The van der Waals surface area contributed by atoms with Crippen molar-refractivity contribution in [2.45, 2.75) is 6.92 Å². The maximum Gasteiger partial charge on any atom is 0.354 e. The molecule has 0 aliphatic heterocycles. The van der Waals surface area contributed by atoms with Crippen LogP contribution in [0.2, 0.25) is 5.02 Å². The fourth-order valence-corrected chi connectivity index (χ4v) is 2.72. The zero-order valence-corrected chi connectivity index (χ0v) is 12.7. The van der Waals surface area contributed by atoms with Crippen molar-refractivity contribution < 1.29 is 9.53 Å². The molecule has 0 amide bonds. The summed E-state index contributed by atoms with van der Waals surface area (Å²) in [6.45, 7) is 1.95. The van der Waals surface area contributed by atoms with Crippen LogP contribution in [0.3, 0.4) is 0 Å². The van der Waals surface area contributed by atoms with Crippen LogP contribution >= 0.6 is 11.6 Å². The summed E-state index contributed by atoms with van der Waals surface area (Å²) in [5.74, 6) is -0.420. The van der Waals surface area contributed by atoms with E-state index in [1.165, 1.54) is 7.11 Å². The number of aromatic amines is 1. The second kappa shape index (κ2) is 4.93. The molecular weight excluding hydrogens is 290 g/mol. The number of halogens is 1. The summed E-state index contributed by atoms with van der Waals surface area (Å²) < 4.78 is 6.51. The van der Waals surface area contributed by atoms with Gasteiger partial charge in [-0.1, -0.05) is 17.7 Å². The van der Waals surface area contributed by atoms with Gasteiger partial charge in [-0.05, 0) is 24.6 Å². The van der Waals surface area contributed by atoms with Gasteiger partial charge in [0.05, 0.1) is 23.3 Å². The number of ether oxygens (including phenoxy) is 1. The minimum Gasteiger partial charge on any atom is -0.464 e. The Balaban J connectivity index is 2.29. The molecular formula is C15H14ClN3O2. The first-order valence-electron chi connectivity index (χ1n) is 6.41. The zero-order valence-electron chi connectivity index (χ0n) is 11.9. The van der Waals surface area contributed by atoms with Gasteiger partial charge in [-0.15, -0.1) is 0 Å². The Morgan fingerprint density at radius 3 is 2.76 bits per heavy atom. The van der Waals surface area contributed by atoms with Crippen LogP contribution in [0.4, 0.5) is 0 Å². The number of esters is 1. The molecule has 0 fully saturated rings. The lowest BCUT2D eigenvalue weighted by molar-refractivity contribution is 0.0595. The average Bonchev–Trinajstić information content (AvgIpc) is 3.03. The van der Waals surface area contributed by atoms with E-state index in [2.05, 4.69) is 10.1 Å². The Hall–Kier alpha value is -2.27. The van der Waals surface area contributed by atoms with E-state index in [1.54, 1.807) is 10.7 Å². The molecule has 0 bridgehead atoms. The van der Waals surface area contributed by atoms with Crippen molar-refractivity contribution in [2.75, 3.05) is 7.11 Å². The van der Waals surface area contributed by atoms with Crippen molar-refractivity contribution in [3.63, 3.8) is 0 Å². The summed E-state index contributed by atoms with van der Waals surface area (Å²) in [5.41, 5.74) is 4.00. The van der Waals surface area contributed by atoms with E-state index in [1.807, 2.05) is 32.3 Å². The van der Waals surface area contributed by atoms with E-state index in [9.17, 15) is 4.79 Å². The van der Waals surface area contributed by atoms with Crippen LogP contribution in [-0.4, -0.2) is 27.8 Å². The Morgan fingerprint density at radius 1 is 1.38 bits per heavy atom. The molecule has 0 saturated heterocycles. The molecule has 2 aromatic heterocycles. The van der Waals surface area contributed by atoms with Crippen molar-refractivity contribution in [3.05, 3.63) is 40.8 Å². The summed E-state index contributed by atoms with van der Waals surface area (Å²) in [5, 5.41) is 5.79. The van der Waals surface area contributed by atoms with Crippen LogP contribution in [0, 0.1) is 6.92 Å². The fourth-order valence-electron chi connectivity index (χ4n) is 2.50. The molecule has 0 spiro atoms. The molecule has 21 heavy (non-hydrogen) atoms. The predicted octanol–water partition coefficient (Wildman–Crippen LogP) is 3.32. The zero-order chi connectivity index (χ0) is 15.1. The van der Waals surface area contributed by atoms with Gasteiger partial charge in [-0.2, -0.15) is 5.10 Å². The van der Waals surface area contributed by atoms with Gasteiger partial charge in [0.15, 0.2) is 0 Å². The molecule has 108 valence electrons. The average molecular weight is 304 g/mol. The van der Waals surface area contributed by atoms with Gasteiger partial charge in [0.1, 0.15) is 5.69 Å². The Morgan fingerprint density at radius 2 is 2.14 bits per heavy atom. The minimum atomic E-state index is -0.420. The number of hydrogen-bond donors (Lipinski definition) is 1. The smallest absolute Gasteiger partial charge is 0.354 e. The number of hydrogen-bond acceptors (Lipinski definition) is 3. The highest BCUT2D eigenvalue weighted by Crippen LogP contribution is 2.34. The van der Waals surface area contributed by atoms with Crippen molar-refractivity contribution in [1.82, 2.24) is 14.8 Å². The second-order valence-corrected chi connectivity index (χ2v) is 5.27. The standard InChI is InChI=1S/C15H14ClN3O2/c1-8-11(7-19(2)18-8)9-4-5-12(16)14-10(9)6-13(17-14)15(20)21-3/h4-7,17H,1-3H3. The third-order valence-corrected chi connectivity index (χ3v) is 3.77. The lowest BCUT2D eigenvalue weighted by Gasteiger charge is -2.03. The molecule has 0 aliphatic rings. The largest absolute Gasteiger partial charge is 0.464 e. The van der Waals surface area contributed by atoms with E-state index in [4.69, 9.17) is 16.3 Å². The normalized spacial score (nSPS) is 11.0. The van der Waals surface area contributed by atoms with Crippen LogP contribution < -0.4 is 0 Å². The number of rotatable bonds is 2. The summed E-state index contributed by atoms with van der Waals surface area (Å²) in [7, 11) is 3.22. The van der Waals surface area contributed by atoms with Gasteiger partial charge in [0.25, 0.3) is 0 Å². The number of carbonyl (C=O) groups is 1. The third-order valence-electron chi connectivity index (χ3n) is 3.45. The highest BCUT2D eigenvalue weighted by molar-refractivity contribution is 6.35. The summed E-state index contributed by atoms with van der Waals surface area (Å²) in [6.07, 6.45) is 1.95. The van der Waals surface area contributed by atoms with Crippen molar-refractivity contribution >= 4 is 28.5 Å². The maximum atomic E-state index is 11.7. The summed E-state index contributed by atoms with van der Waals surface area (Å²) in [4.78, 5) is 14.7. The van der Waals surface area contributed by atoms with E-state index in [0.29, 0.717) is 10.7 Å². The molecule has 3 aromatic rings. The Bertz CT molecular complexity index is 848. The molecule has 0 unspecified atom stereocenters. The number of nitrogens with zero attached hydrogens (tertiary/aromatic N) is 2. The molecule has 1 aromatic carbocycles. The lowest BCUT2D eigenvalue weighted by Crippen LogP contribution is -2.00. The second-order valence-electron chi connectivity index (χ2n) is 4.86. The lowest BCUT2D eigenvalue weighted by atomic mass is 10.0. The number of aromatic nitrogens is 3. The first-order chi connectivity index (χ1) is 10.0. The van der Waals surface area contributed by atoms with Crippen LogP contribution in [-0.2, 0) is 11.8 Å². The molecule has 1 N–H and O–H groups in total. The molecule has 0 atom stereocenters. The first kappa shape index (κ1) is 13.7. The van der Waals surface area contributed by atoms with Gasteiger partial charge in [0.2, 0.25) is 0 Å². The maximum absolute atomic E-state index is 11.7. The molecule has 0 saturated carbocycles. The predicted molar refractivity (Wildman–Crippen MR) is 81.6 cm³/mol. The number of methoxy groups -OCH3 is 1. The summed E-state index contributed by atoms with van der Waals surface area (Å²) >= 11 is 6.22. The number of nitrogens with one attached hydrogen (secondary N) is 1. The fraction of sp³-hybridized carbons (Fsp3) is 0.200. The van der Waals surface area contributed by atoms with Gasteiger partial charge in [-0.3, -0.25) is 4.68 Å². The van der Waals surface area contributed by atoms with Crippen LogP contribution in [0.25, 0.3) is 22.0 Å². The number of fused-ring (bicyclic) bond motifs is 1. The minimum absolute atomic E-state index is 0.378. The SMILES string of the molecule is COC(=O)c1cc2c(-c3cn(C)nc3C)ccc(Cl)c2[nH]1. The molecule has 2 heterocycles. The van der Waals surface area contributed by atoms with Gasteiger partial charge in [-0.25, -0.2) is 4.79 Å². The summed E-state index contributed by atoms with van der Waals surface area (Å²) in [6, 6.07) is 5.50. The Labute approximate surface area is 126 Å². The highest BCUT2D eigenvalue weighted by Gasteiger charge is 2.16. The number of aryl methyl sites for hydroxylation is 2. The monoisotopic (exact) mass is 303 g/mol. The number of H-pyrrole nitrogens is 1. The van der Waals surface area contributed by atoms with E-state index in [-0.39, 0.29) is 0 Å². The van der Waals surface area contributed by atoms with Gasteiger partial charge < -0.3 is 9.72 Å². The van der Waals surface area contributed by atoms with E-state index in [0.717, 1.165) is 27.7 Å². The van der Waals surface area contributed by atoms with Crippen LogP contribution in [0.1, 0.15) is 16.2 Å². The first-order valence-corrected chi connectivity index (χ1v) is 6.79. The molecule has 0 radical (unpaired) electrons. The molecule has 3 rings (SSSR count). The topological polar surface area (TPSA) is 59.9 Å². The van der Waals surface area contributed by atoms with Crippen LogP contribution in [0.5, 0.6) is 0 Å². The van der Waals surface area contributed by atoms with Crippen molar-refractivity contribution in [2.24, 2.45) is 7.05 Å². The quantitative estimate of drug-likeness (QED) is 0.739. The number of benzene rings is 1. The molecule has 5 nitrogen and oxygen atoms in total. The molecule has 0 aliphatic carbocycles. The van der Waals surface area contributed by atoms with Crippen LogP contribution in [0.15, 0.2) is 24.4 Å². The Kier molecular flexibility index (Phi) is 3.22. The highest BCUT2D eigenvalue weighted by atomic mass is 35.5. The molecule has 6 heteroatoms. The van der Waals surface area contributed by atoms with Gasteiger partial charge >= 0.3 is 5.97 Å².